The highest BCUT2D eigenvalue weighted by atomic mass is 19.1. The zero-order chi connectivity index (χ0) is 19.7. The first-order valence-corrected chi connectivity index (χ1v) is 9.05. The first-order valence-electron chi connectivity index (χ1n) is 9.05. The van der Waals surface area contributed by atoms with Gasteiger partial charge < -0.3 is 9.64 Å². The van der Waals surface area contributed by atoms with E-state index in [4.69, 9.17) is 4.74 Å². The molecule has 0 unspecified atom stereocenters. The number of ether oxygens (including phenoxy) is 1. The average molecular weight is 373 g/mol. The lowest BCUT2D eigenvalue weighted by molar-refractivity contribution is -0.153. The summed E-state index contributed by atoms with van der Waals surface area (Å²) in [4.78, 5) is 27.5. The van der Waals surface area contributed by atoms with Crippen molar-refractivity contribution in [3.63, 3.8) is 0 Å². The summed E-state index contributed by atoms with van der Waals surface area (Å²) in [6.45, 7) is 5.79. The Balaban J connectivity index is 1.97. The molecule has 0 aliphatic carbocycles. The summed E-state index contributed by atoms with van der Waals surface area (Å²) in [5, 5.41) is 4.23. The molecule has 1 aliphatic heterocycles. The molecule has 2 atom stereocenters. The van der Waals surface area contributed by atoms with Crippen LogP contribution in [0.5, 0.6) is 0 Å². The maximum Gasteiger partial charge on any atom is 0.311 e. The number of nitrogens with zero attached hydrogens (tertiary/aromatic N) is 3. The summed E-state index contributed by atoms with van der Waals surface area (Å²) >= 11 is 0. The lowest BCUT2D eigenvalue weighted by Gasteiger charge is -2.28. The highest BCUT2D eigenvalue weighted by Gasteiger charge is 2.43. The summed E-state index contributed by atoms with van der Waals surface area (Å²) in [7, 11) is 1.76. The molecular weight excluding hydrogens is 349 g/mol. The molecule has 1 saturated heterocycles. The van der Waals surface area contributed by atoms with Gasteiger partial charge in [-0.2, -0.15) is 5.10 Å². The molecule has 2 aromatic rings. The Hall–Kier alpha value is -2.70. The first kappa shape index (κ1) is 19.1. The molecule has 2 heterocycles. The molecule has 6 nitrogen and oxygen atoms in total. The van der Waals surface area contributed by atoms with E-state index in [1.807, 2.05) is 0 Å². The van der Waals surface area contributed by atoms with Gasteiger partial charge in [0.1, 0.15) is 5.82 Å². The van der Waals surface area contributed by atoms with Crippen LogP contribution in [0.25, 0.3) is 0 Å². The Morgan fingerprint density at radius 1 is 1.26 bits per heavy atom. The van der Waals surface area contributed by atoms with E-state index < -0.39 is 12.0 Å². The van der Waals surface area contributed by atoms with E-state index in [2.05, 4.69) is 5.10 Å². The number of aromatic nitrogens is 2. The number of aryl methyl sites for hydroxylation is 2. The third-order valence-electron chi connectivity index (χ3n) is 4.77. The van der Waals surface area contributed by atoms with E-state index in [0.717, 1.165) is 5.56 Å². The second-order valence-corrected chi connectivity index (χ2v) is 7.18. The number of likely N-dealkylation sites (tertiary alicyclic amines) is 1. The molecular formula is C20H24FN3O3. The van der Waals surface area contributed by atoms with Gasteiger partial charge in [-0.15, -0.1) is 0 Å². The Morgan fingerprint density at radius 2 is 1.93 bits per heavy atom. The smallest absolute Gasteiger partial charge is 0.311 e. The van der Waals surface area contributed by atoms with Crippen LogP contribution in [-0.4, -0.2) is 39.2 Å². The quantitative estimate of drug-likeness (QED) is 0.773. The van der Waals surface area contributed by atoms with E-state index in [-0.39, 0.29) is 23.8 Å². The van der Waals surface area contributed by atoms with Crippen LogP contribution in [0.4, 0.5) is 4.39 Å². The molecule has 1 amide bonds. The van der Waals surface area contributed by atoms with Crippen LogP contribution >= 0.6 is 0 Å². The van der Waals surface area contributed by atoms with Crippen molar-refractivity contribution in [1.29, 1.82) is 0 Å². The molecule has 0 spiro atoms. The summed E-state index contributed by atoms with van der Waals surface area (Å²) in [6, 6.07) is 5.44. The normalized spacial score (nSPS) is 19.6. The van der Waals surface area contributed by atoms with Crippen LogP contribution < -0.4 is 0 Å². The van der Waals surface area contributed by atoms with Crippen molar-refractivity contribution in [3.05, 3.63) is 53.1 Å². The number of hydrogen-bond donors (Lipinski definition) is 0. The predicted octanol–water partition coefficient (Wildman–Crippen LogP) is 3.02. The second kappa shape index (κ2) is 7.50. The second-order valence-electron chi connectivity index (χ2n) is 7.18. The molecule has 0 bridgehead atoms. The Morgan fingerprint density at radius 3 is 2.48 bits per heavy atom. The van der Waals surface area contributed by atoms with Crippen LogP contribution in [-0.2, 0) is 16.6 Å². The standard InChI is InChI=1S/C20H24FN3O3/c1-12(2)27-20(26)16-9-10-24(18(16)14-5-7-15(21)8-6-14)19(25)17-11-23(4)22-13(17)3/h5-8,11-12,16,18H,9-10H2,1-4H3/t16-,18-/m1/s1. The van der Waals surface area contributed by atoms with Crippen LogP contribution in [0, 0.1) is 18.7 Å². The summed E-state index contributed by atoms with van der Waals surface area (Å²) < 4.78 is 20.4. The highest BCUT2D eigenvalue weighted by molar-refractivity contribution is 5.96. The van der Waals surface area contributed by atoms with E-state index in [1.165, 1.54) is 12.1 Å². The molecule has 144 valence electrons. The number of benzene rings is 1. The molecule has 1 fully saturated rings. The topological polar surface area (TPSA) is 64.4 Å². The molecule has 1 aliphatic rings. The van der Waals surface area contributed by atoms with Gasteiger partial charge in [-0.3, -0.25) is 14.3 Å². The number of halogens is 1. The van der Waals surface area contributed by atoms with Crippen molar-refractivity contribution in [2.75, 3.05) is 6.54 Å². The minimum Gasteiger partial charge on any atom is -0.463 e. The lowest BCUT2D eigenvalue weighted by atomic mass is 9.93. The van der Waals surface area contributed by atoms with Gasteiger partial charge in [0.05, 0.1) is 29.3 Å². The predicted molar refractivity (Wildman–Crippen MR) is 97.5 cm³/mol. The number of carbonyl (C=O) groups excluding carboxylic acids is 2. The van der Waals surface area contributed by atoms with Crippen LogP contribution in [0.2, 0.25) is 0 Å². The van der Waals surface area contributed by atoms with Gasteiger partial charge in [0.2, 0.25) is 0 Å². The van der Waals surface area contributed by atoms with Crippen molar-refractivity contribution in [1.82, 2.24) is 14.7 Å². The maximum atomic E-state index is 13.4. The molecule has 27 heavy (non-hydrogen) atoms. The van der Waals surface area contributed by atoms with Crippen molar-refractivity contribution in [3.8, 4) is 0 Å². The number of esters is 1. The number of hydrogen-bond acceptors (Lipinski definition) is 4. The number of amides is 1. The summed E-state index contributed by atoms with van der Waals surface area (Å²) in [6.07, 6.45) is 1.94. The molecule has 0 saturated carbocycles. The fraction of sp³-hybridized carbons (Fsp3) is 0.450. The zero-order valence-electron chi connectivity index (χ0n) is 16.0. The SMILES string of the molecule is Cc1nn(C)cc1C(=O)N1CC[C@@H](C(=O)OC(C)C)[C@H]1c1ccc(F)cc1. The maximum absolute atomic E-state index is 13.4. The summed E-state index contributed by atoms with van der Waals surface area (Å²) in [5.74, 6) is -1.37. The fourth-order valence-electron chi connectivity index (χ4n) is 3.62. The minimum atomic E-state index is -0.496. The van der Waals surface area contributed by atoms with Crippen LogP contribution in [0.1, 0.15) is 47.9 Å². The Kier molecular flexibility index (Phi) is 5.30. The summed E-state index contributed by atoms with van der Waals surface area (Å²) in [5.41, 5.74) is 1.85. The highest BCUT2D eigenvalue weighted by Crippen LogP contribution is 2.39. The van der Waals surface area contributed by atoms with Gasteiger partial charge in [-0.1, -0.05) is 12.1 Å². The number of carbonyl (C=O) groups is 2. The fourth-order valence-corrected chi connectivity index (χ4v) is 3.62. The van der Waals surface area contributed by atoms with Gasteiger partial charge in [-0.05, 0) is 44.9 Å². The molecule has 0 N–H and O–H groups in total. The van der Waals surface area contributed by atoms with Crippen molar-refractivity contribution in [2.24, 2.45) is 13.0 Å². The third-order valence-corrected chi connectivity index (χ3v) is 4.77. The first-order chi connectivity index (χ1) is 12.8. The lowest BCUT2D eigenvalue weighted by Crippen LogP contribution is -2.34. The monoisotopic (exact) mass is 373 g/mol. The van der Waals surface area contributed by atoms with Gasteiger partial charge in [0.25, 0.3) is 5.91 Å². The van der Waals surface area contributed by atoms with E-state index in [0.29, 0.717) is 24.2 Å². The van der Waals surface area contributed by atoms with Crippen molar-refractivity contribution >= 4 is 11.9 Å². The Labute approximate surface area is 157 Å². The van der Waals surface area contributed by atoms with Crippen molar-refractivity contribution in [2.45, 2.75) is 39.3 Å². The molecule has 1 aromatic carbocycles. The van der Waals surface area contributed by atoms with E-state index in [9.17, 15) is 14.0 Å². The average Bonchev–Trinajstić information content (AvgIpc) is 3.17. The van der Waals surface area contributed by atoms with Gasteiger partial charge >= 0.3 is 5.97 Å². The van der Waals surface area contributed by atoms with Gasteiger partial charge in [-0.25, -0.2) is 4.39 Å². The van der Waals surface area contributed by atoms with Gasteiger partial charge in [0.15, 0.2) is 0 Å². The largest absolute Gasteiger partial charge is 0.463 e. The molecule has 3 rings (SSSR count). The van der Waals surface area contributed by atoms with E-state index >= 15 is 0 Å². The third kappa shape index (κ3) is 3.86. The number of rotatable bonds is 4. The van der Waals surface area contributed by atoms with E-state index in [1.54, 1.807) is 55.7 Å². The van der Waals surface area contributed by atoms with Crippen LogP contribution in [0.15, 0.2) is 30.5 Å². The van der Waals surface area contributed by atoms with Gasteiger partial charge in [0, 0.05) is 19.8 Å². The zero-order valence-corrected chi connectivity index (χ0v) is 16.0. The van der Waals surface area contributed by atoms with Crippen molar-refractivity contribution < 1.29 is 18.7 Å². The molecule has 7 heteroatoms. The molecule has 1 aromatic heterocycles. The Bertz CT molecular complexity index is 845. The molecule has 0 radical (unpaired) electrons. The minimum absolute atomic E-state index is 0.185. The van der Waals surface area contributed by atoms with Crippen LogP contribution in [0.3, 0.4) is 0 Å².